The summed E-state index contributed by atoms with van der Waals surface area (Å²) in [5.41, 5.74) is 0.737. The number of aromatic nitrogens is 2. The number of ether oxygens (including phenoxy) is 1. The quantitative estimate of drug-likeness (QED) is 0.683. The zero-order valence-electron chi connectivity index (χ0n) is 8.65. The Hall–Kier alpha value is -1.45. The van der Waals surface area contributed by atoms with Crippen LogP contribution < -0.4 is 4.74 Å². The lowest BCUT2D eigenvalue weighted by molar-refractivity contribution is 0.111. The predicted octanol–water partition coefficient (Wildman–Crippen LogP) is 1.63. The van der Waals surface area contributed by atoms with E-state index in [4.69, 9.17) is 4.74 Å². The maximum atomic E-state index is 10.5. The highest BCUT2D eigenvalue weighted by molar-refractivity contribution is 5.68. The fourth-order valence-electron chi connectivity index (χ4n) is 0.941. The smallest absolute Gasteiger partial charge is 0.217 e. The van der Waals surface area contributed by atoms with E-state index in [9.17, 15) is 4.79 Å². The Kier molecular flexibility index (Phi) is 3.56. The Labute approximate surface area is 83.3 Å². The molecule has 0 bridgehead atoms. The number of hydrogen-bond acceptors (Lipinski definition) is 4. The molecule has 1 aromatic heterocycles. The molecule has 0 N–H and O–H groups in total. The van der Waals surface area contributed by atoms with Gasteiger partial charge in [0.2, 0.25) is 5.88 Å². The van der Waals surface area contributed by atoms with Gasteiger partial charge in [-0.05, 0) is 12.8 Å². The summed E-state index contributed by atoms with van der Waals surface area (Å²) >= 11 is 0. The van der Waals surface area contributed by atoms with Crippen molar-refractivity contribution in [3.63, 3.8) is 0 Å². The van der Waals surface area contributed by atoms with Crippen LogP contribution >= 0.6 is 0 Å². The van der Waals surface area contributed by atoms with Gasteiger partial charge in [0.05, 0.1) is 6.61 Å². The van der Waals surface area contributed by atoms with Gasteiger partial charge in [0.15, 0.2) is 12.1 Å². The average molecular weight is 194 g/mol. The molecule has 1 rings (SSSR count). The van der Waals surface area contributed by atoms with Crippen molar-refractivity contribution in [1.82, 2.24) is 9.97 Å². The standard InChI is InChI=1S/C10H14N2O2/c1-7(2)6-14-10-4-8(3)11-9(5-13)12-10/h4-5,7H,6H2,1-3H3. The minimum absolute atomic E-state index is 0.170. The summed E-state index contributed by atoms with van der Waals surface area (Å²) in [7, 11) is 0. The number of nitrogens with zero attached hydrogens (tertiary/aromatic N) is 2. The molecule has 0 spiro atoms. The molecule has 76 valence electrons. The van der Waals surface area contributed by atoms with Gasteiger partial charge in [-0.15, -0.1) is 0 Å². The number of rotatable bonds is 4. The Morgan fingerprint density at radius 3 is 2.79 bits per heavy atom. The molecule has 0 fully saturated rings. The van der Waals surface area contributed by atoms with E-state index in [1.807, 2.05) is 0 Å². The van der Waals surface area contributed by atoms with Gasteiger partial charge in [-0.25, -0.2) is 4.98 Å². The lowest BCUT2D eigenvalue weighted by atomic mass is 10.2. The van der Waals surface area contributed by atoms with Gasteiger partial charge < -0.3 is 4.74 Å². The molecule has 0 aromatic carbocycles. The second-order valence-electron chi connectivity index (χ2n) is 3.53. The number of carbonyl (C=O) groups is 1. The van der Waals surface area contributed by atoms with Crippen molar-refractivity contribution in [3.8, 4) is 5.88 Å². The second kappa shape index (κ2) is 4.69. The normalized spacial score (nSPS) is 10.3. The lowest BCUT2D eigenvalue weighted by Crippen LogP contribution is -2.07. The van der Waals surface area contributed by atoms with Crippen molar-refractivity contribution in [2.75, 3.05) is 6.61 Å². The largest absolute Gasteiger partial charge is 0.477 e. The molecule has 0 saturated heterocycles. The molecule has 0 radical (unpaired) electrons. The molecule has 14 heavy (non-hydrogen) atoms. The summed E-state index contributed by atoms with van der Waals surface area (Å²) in [6, 6.07) is 1.72. The first kappa shape index (κ1) is 10.6. The summed E-state index contributed by atoms with van der Waals surface area (Å²) in [5.74, 6) is 1.07. The summed E-state index contributed by atoms with van der Waals surface area (Å²) in [6.07, 6.45) is 0.620. The van der Waals surface area contributed by atoms with Crippen LogP contribution in [0.25, 0.3) is 0 Å². The van der Waals surface area contributed by atoms with E-state index >= 15 is 0 Å². The topological polar surface area (TPSA) is 52.1 Å². The zero-order chi connectivity index (χ0) is 10.6. The molecule has 0 saturated carbocycles. The molecule has 0 aliphatic rings. The Bertz CT molecular complexity index is 324. The zero-order valence-corrected chi connectivity index (χ0v) is 8.65. The van der Waals surface area contributed by atoms with E-state index in [0.717, 1.165) is 5.69 Å². The third-order valence-electron chi connectivity index (χ3n) is 1.52. The van der Waals surface area contributed by atoms with Gasteiger partial charge in [0.25, 0.3) is 0 Å². The van der Waals surface area contributed by atoms with E-state index in [0.29, 0.717) is 24.7 Å². The van der Waals surface area contributed by atoms with Crippen molar-refractivity contribution in [2.45, 2.75) is 20.8 Å². The minimum Gasteiger partial charge on any atom is -0.477 e. The Morgan fingerprint density at radius 1 is 1.50 bits per heavy atom. The third kappa shape index (κ3) is 3.12. The first-order valence-corrected chi connectivity index (χ1v) is 4.55. The molecule has 0 amide bonds. The van der Waals surface area contributed by atoms with E-state index in [-0.39, 0.29) is 5.82 Å². The first-order valence-electron chi connectivity index (χ1n) is 4.55. The molecule has 0 unspecified atom stereocenters. The average Bonchev–Trinajstić information content (AvgIpc) is 2.14. The molecule has 1 heterocycles. The molecule has 4 heteroatoms. The van der Waals surface area contributed by atoms with Gasteiger partial charge in [0.1, 0.15) is 0 Å². The fourth-order valence-corrected chi connectivity index (χ4v) is 0.941. The third-order valence-corrected chi connectivity index (χ3v) is 1.52. The molecule has 0 atom stereocenters. The lowest BCUT2D eigenvalue weighted by Gasteiger charge is -2.07. The molecule has 0 aliphatic heterocycles. The number of aldehydes is 1. The van der Waals surface area contributed by atoms with E-state index in [1.165, 1.54) is 0 Å². The van der Waals surface area contributed by atoms with Crippen LogP contribution in [0.5, 0.6) is 5.88 Å². The van der Waals surface area contributed by atoms with Crippen molar-refractivity contribution in [3.05, 3.63) is 17.6 Å². The van der Waals surface area contributed by atoms with Crippen LogP contribution in [0, 0.1) is 12.8 Å². The number of carbonyl (C=O) groups excluding carboxylic acids is 1. The Morgan fingerprint density at radius 2 is 2.21 bits per heavy atom. The van der Waals surface area contributed by atoms with Crippen LogP contribution in [0.1, 0.15) is 30.2 Å². The predicted molar refractivity (Wildman–Crippen MR) is 52.5 cm³/mol. The van der Waals surface area contributed by atoms with Crippen LogP contribution in [-0.2, 0) is 0 Å². The van der Waals surface area contributed by atoms with Crippen molar-refractivity contribution in [1.29, 1.82) is 0 Å². The fraction of sp³-hybridized carbons (Fsp3) is 0.500. The van der Waals surface area contributed by atoms with E-state index in [1.54, 1.807) is 13.0 Å². The highest BCUT2D eigenvalue weighted by Gasteiger charge is 2.02. The summed E-state index contributed by atoms with van der Waals surface area (Å²) < 4.78 is 5.38. The molecule has 1 aromatic rings. The van der Waals surface area contributed by atoms with Gasteiger partial charge >= 0.3 is 0 Å². The van der Waals surface area contributed by atoms with E-state index < -0.39 is 0 Å². The summed E-state index contributed by atoms with van der Waals surface area (Å²) in [4.78, 5) is 18.3. The van der Waals surface area contributed by atoms with Crippen LogP contribution in [0.4, 0.5) is 0 Å². The number of aryl methyl sites for hydroxylation is 1. The molecule has 4 nitrogen and oxygen atoms in total. The van der Waals surface area contributed by atoms with Gasteiger partial charge in [-0.3, -0.25) is 4.79 Å². The highest BCUT2D eigenvalue weighted by atomic mass is 16.5. The van der Waals surface area contributed by atoms with Crippen LogP contribution in [0.15, 0.2) is 6.07 Å². The van der Waals surface area contributed by atoms with Crippen molar-refractivity contribution < 1.29 is 9.53 Å². The molecular formula is C10H14N2O2. The number of hydrogen-bond donors (Lipinski definition) is 0. The second-order valence-corrected chi connectivity index (χ2v) is 3.53. The Balaban J connectivity index is 2.76. The van der Waals surface area contributed by atoms with Crippen molar-refractivity contribution in [2.24, 2.45) is 5.92 Å². The highest BCUT2D eigenvalue weighted by Crippen LogP contribution is 2.09. The van der Waals surface area contributed by atoms with Crippen LogP contribution in [0.2, 0.25) is 0 Å². The van der Waals surface area contributed by atoms with Crippen molar-refractivity contribution >= 4 is 6.29 Å². The van der Waals surface area contributed by atoms with Gasteiger partial charge in [0, 0.05) is 11.8 Å². The maximum Gasteiger partial charge on any atom is 0.217 e. The van der Waals surface area contributed by atoms with Gasteiger partial charge in [-0.1, -0.05) is 13.8 Å². The molecular weight excluding hydrogens is 180 g/mol. The SMILES string of the molecule is Cc1cc(OCC(C)C)nc(C=O)n1. The van der Waals surface area contributed by atoms with Crippen LogP contribution in [-0.4, -0.2) is 22.9 Å². The first-order chi connectivity index (χ1) is 6.61. The minimum atomic E-state index is 0.170. The summed E-state index contributed by atoms with van der Waals surface area (Å²) in [6.45, 7) is 6.50. The maximum absolute atomic E-state index is 10.5. The summed E-state index contributed by atoms with van der Waals surface area (Å²) in [5, 5.41) is 0. The van der Waals surface area contributed by atoms with E-state index in [2.05, 4.69) is 23.8 Å². The van der Waals surface area contributed by atoms with Crippen LogP contribution in [0.3, 0.4) is 0 Å². The monoisotopic (exact) mass is 194 g/mol. The molecule has 0 aliphatic carbocycles. The van der Waals surface area contributed by atoms with Gasteiger partial charge in [-0.2, -0.15) is 4.98 Å².